The number of rotatable bonds is 4. The first-order valence-electron chi connectivity index (χ1n) is 7.48. The Morgan fingerprint density at radius 3 is 2.91 bits per heavy atom. The SMILES string of the molecule is CC1CNCC(CCn2cc(C(F)(F)F)nc2-c2cccs2)O1. The van der Waals surface area contributed by atoms with E-state index < -0.39 is 11.9 Å². The zero-order valence-electron chi connectivity index (χ0n) is 12.6. The van der Waals surface area contributed by atoms with Gasteiger partial charge in [-0.15, -0.1) is 11.3 Å². The molecule has 2 unspecified atom stereocenters. The van der Waals surface area contributed by atoms with E-state index >= 15 is 0 Å². The molecule has 4 nitrogen and oxygen atoms in total. The first-order chi connectivity index (χ1) is 10.9. The maximum absolute atomic E-state index is 13.0. The lowest BCUT2D eigenvalue weighted by molar-refractivity contribution is -0.140. The molecule has 8 heteroatoms. The van der Waals surface area contributed by atoms with Crippen molar-refractivity contribution in [2.45, 2.75) is 38.3 Å². The lowest BCUT2D eigenvalue weighted by Crippen LogP contribution is -2.43. The van der Waals surface area contributed by atoms with E-state index in [9.17, 15) is 13.2 Å². The van der Waals surface area contributed by atoms with Crippen molar-refractivity contribution in [1.29, 1.82) is 0 Å². The summed E-state index contributed by atoms with van der Waals surface area (Å²) in [5.41, 5.74) is -0.850. The number of hydrogen-bond acceptors (Lipinski definition) is 4. The first kappa shape index (κ1) is 16.5. The molecule has 1 saturated heterocycles. The summed E-state index contributed by atoms with van der Waals surface area (Å²) in [6.45, 7) is 3.95. The van der Waals surface area contributed by atoms with E-state index in [-0.39, 0.29) is 12.2 Å². The van der Waals surface area contributed by atoms with Crippen LogP contribution in [0.4, 0.5) is 13.2 Å². The molecule has 1 aliphatic rings. The minimum Gasteiger partial charge on any atom is -0.373 e. The highest BCUT2D eigenvalue weighted by atomic mass is 32.1. The number of nitrogens with one attached hydrogen (secondary N) is 1. The van der Waals surface area contributed by atoms with Crippen LogP contribution in [0.2, 0.25) is 0 Å². The quantitative estimate of drug-likeness (QED) is 0.923. The Kier molecular flexibility index (Phi) is 4.74. The van der Waals surface area contributed by atoms with Crippen molar-refractivity contribution in [2.24, 2.45) is 0 Å². The Morgan fingerprint density at radius 1 is 1.43 bits per heavy atom. The third-order valence-electron chi connectivity index (χ3n) is 3.73. The topological polar surface area (TPSA) is 39.1 Å². The molecule has 0 saturated carbocycles. The van der Waals surface area contributed by atoms with Gasteiger partial charge in [0.2, 0.25) is 0 Å². The van der Waals surface area contributed by atoms with Crippen LogP contribution >= 0.6 is 11.3 Å². The summed E-state index contributed by atoms with van der Waals surface area (Å²) in [7, 11) is 0. The third kappa shape index (κ3) is 3.94. The van der Waals surface area contributed by atoms with Crippen molar-refractivity contribution in [1.82, 2.24) is 14.9 Å². The molecule has 0 radical (unpaired) electrons. The van der Waals surface area contributed by atoms with Crippen molar-refractivity contribution in [2.75, 3.05) is 13.1 Å². The molecule has 2 aromatic heterocycles. The summed E-state index contributed by atoms with van der Waals surface area (Å²) in [5.74, 6) is 0.365. The Morgan fingerprint density at radius 2 is 2.26 bits per heavy atom. The van der Waals surface area contributed by atoms with Crippen LogP contribution in [0.3, 0.4) is 0 Å². The highest BCUT2D eigenvalue weighted by Crippen LogP contribution is 2.32. The fourth-order valence-electron chi connectivity index (χ4n) is 2.65. The summed E-state index contributed by atoms with van der Waals surface area (Å²) >= 11 is 1.38. The number of halogens is 3. The molecule has 1 N–H and O–H groups in total. The lowest BCUT2D eigenvalue weighted by atomic mass is 10.2. The van der Waals surface area contributed by atoms with Gasteiger partial charge in [0.1, 0.15) is 0 Å². The van der Waals surface area contributed by atoms with Crippen molar-refractivity contribution in [3.63, 3.8) is 0 Å². The summed E-state index contributed by atoms with van der Waals surface area (Å²) in [6.07, 6.45) is -2.57. The average molecular weight is 345 g/mol. The Hall–Kier alpha value is -1.38. The second-order valence-electron chi connectivity index (χ2n) is 5.63. The molecule has 0 aromatic carbocycles. The van der Waals surface area contributed by atoms with E-state index in [1.165, 1.54) is 11.3 Å². The van der Waals surface area contributed by atoms with Crippen LogP contribution in [-0.2, 0) is 17.5 Å². The van der Waals surface area contributed by atoms with Gasteiger partial charge in [0.15, 0.2) is 11.5 Å². The minimum absolute atomic E-state index is 0.00618. The predicted octanol–water partition coefficient (Wildman–Crippen LogP) is 3.40. The zero-order valence-corrected chi connectivity index (χ0v) is 13.5. The van der Waals surface area contributed by atoms with E-state index in [4.69, 9.17) is 4.74 Å². The zero-order chi connectivity index (χ0) is 16.4. The van der Waals surface area contributed by atoms with Gasteiger partial charge in [-0.25, -0.2) is 4.98 Å². The molecular weight excluding hydrogens is 327 g/mol. The second kappa shape index (κ2) is 6.62. The Balaban J connectivity index is 1.78. The van der Waals surface area contributed by atoms with E-state index in [1.54, 1.807) is 10.6 Å². The summed E-state index contributed by atoms with van der Waals surface area (Å²) < 4.78 is 46.3. The largest absolute Gasteiger partial charge is 0.434 e. The molecule has 0 spiro atoms. The lowest BCUT2D eigenvalue weighted by Gasteiger charge is -2.28. The van der Waals surface area contributed by atoms with Gasteiger partial charge in [0, 0.05) is 25.8 Å². The van der Waals surface area contributed by atoms with Crippen LogP contribution in [0.5, 0.6) is 0 Å². The second-order valence-corrected chi connectivity index (χ2v) is 6.58. The van der Waals surface area contributed by atoms with Crippen LogP contribution in [-0.4, -0.2) is 34.8 Å². The molecule has 2 atom stereocenters. The number of nitrogens with zero attached hydrogens (tertiary/aromatic N) is 2. The van der Waals surface area contributed by atoms with Crippen molar-refractivity contribution in [3.8, 4) is 10.7 Å². The van der Waals surface area contributed by atoms with Crippen molar-refractivity contribution < 1.29 is 17.9 Å². The molecule has 3 heterocycles. The fourth-order valence-corrected chi connectivity index (χ4v) is 3.38. The van der Waals surface area contributed by atoms with Gasteiger partial charge in [0.25, 0.3) is 0 Å². The molecule has 1 aliphatic heterocycles. The molecule has 126 valence electrons. The number of thiophene rings is 1. The number of aryl methyl sites for hydroxylation is 1. The highest BCUT2D eigenvalue weighted by molar-refractivity contribution is 7.13. The molecule has 0 bridgehead atoms. The van der Waals surface area contributed by atoms with Crippen LogP contribution < -0.4 is 5.32 Å². The van der Waals surface area contributed by atoms with Crippen molar-refractivity contribution >= 4 is 11.3 Å². The van der Waals surface area contributed by atoms with Crippen LogP contribution in [0.25, 0.3) is 10.7 Å². The van der Waals surface area contributed by atoms with Crippen molar-refractivity contribution in [3.05, 3.63) is 29.4 Å². The molecule has 0 amide bonds. The number of morpholine rings is 1. The molecular formula is C15H18F3N3OS. The van der Waals surface area contributed by atoms with Gasteiger partial charge in [-0.1, -0.05) is 6.07 Å². The first-order valence-corrected chi connectivity index (χ1v) is 8.36. The normalized spacial score (nSPS) is 22.4. The van der Waals surface area contributed by atoms with E-state index in [0.717, 1.165) is 24.2 Å². The fraction of sp³-hybridized carbons (Fsp3) is 0.533. The maximum Gasteiger partial charge on any atom is 0.434 e. The van der Waals surface area contributed by atoms with Gasteiger partial charge >= 0.3 is 6.18 Å². The molecule has 3 rings (SSSR count). The van der Waals surface area contributed by atoms with E-state index in [2.05, 4.69) is 10.3 Å². The predicted molar refractivity (Wildman–Crippen MR) is 82.4 cm³/mol. The number of hydrogen-bond donors (Lipinski definition) is 1. The van der Waals surface area contributed by atoms with Crippen LogP contribution in [0.15, 0.2) is 23.7 Å². The number of imidazole rings is 1. The highest BCUT2D eigenvalue weighted by Gasteiger charge is 2.35. The number of aromatic nitrogens is 2. The summed E-state index contributed by atoms with van der Waals surface area (Å²) in [4.78, 5) is 4.53. The third-order valence-corrected chi connectivity index (χ3v) is 4.59. The maximum atomic E-state index is 13.0. The minimum atomic E-state index is -4.44. The molecule has 23 heavy (non-hydrogen) atoms. The molecule has 2 aromatic rings. The number of ether oxygens (including phenoxy) is 1. The van der Waals surface area contributed by atoms with Crippen LogP contribution in [0.1, 0.15) is 19.0 Å². The van der Waals surface area contributed by atoms with Crippen LogP contribution in [0, 0.1) is 0 Å². The monoisotopic (exact) mass is 345 g/mol. The smallest absolute Gasteiger partial charge is 0.373 e. The van der Waals surface area contributed by atoms with E-state index in [1.807, 2.05) is 18.4 Å². The average Bonchev–Trinajstić information content (AvgIpc) is 3.13. The summed E-state index contributed by atoms with van der Waals surface area (Å²) in [6, 6.07) is 3.59. The van der Waals surface area contributed by atoms with Gasteiger partial charge < -0.3 is 14.6 Å². The van der Waals surface area contributed by atoms with Gasteiger partial charge in [-0.2, -0.15) is 13.2 Å². The standard InChI is InChI=1S/C15H18F3N3OS/c1-10-7-19-8-11(22-10)4-5-21-9-13(15(16,17)18)20-14(21)12-3-2-6-23-12/h2-3,6,9-11,19H,4-5,7-8H2,1H3. The Bertz CT molecular complexity index is 639. The molecule has 1 fully saturated rings. The summed E-state index contributed by atoms with van der Waals surface area (Å²) in [5, 5.41) is 5.10. The number of alkyl halides is 3. The molecule has 0 aliphatic carbocycles. The van der Waals surface area contributed by atoms with Gasteiger partial charge in [0.05, 0.1) is 17.1 Å². The Labute approximate surface area is 136 Å². The van der Waals surface area contributed by atoms with Gasteiger partial charge in [-0.3, -0.25) is 0 Å². The van der Waals surface area contributed by atoms with Gasteiger partial charge in [-0.05, 0) is 24.8 Å². The van der Waals surface area contributed by atoms with E-state index in [0.29, 0.717) is 18.8 Å².